The number of hydrogen-bond acceptors (Lipinski definition) is 1. The molecule has 0 aliphatic carbocycles. The Morgan fingerprint density at radius 2 is 1.76 bits per heavy atom. The first-order valence-electron chi connectivity index (χ1n) is 6.98. The van der Waals surface area contributed by atoms with E-state index in [1.54, 1.807) is 0 Å². The molecular weight excluding hydrogens is 278 g/mol. The van der Waals surface area contributed by atoms with Crippen LogP contribution >= 0.6 is 15.9 Å². The average molecular weight is 306 g/mol. The van der Waals surface area contributed by atoms with Gasteiger partial charge in [-0.1, -0.05) is 48.5 Å². The van der Waals surface area contributed by atoms with Crippen LogP contribution in [0.1, 0.15) is 65.7 Å². The number of unbranched alkanes of at least 4 members (excludes halogenated alkanes) is 4. The van der Waals surface area contributed by atoms with Gasteiger partial charge in [0.25, 0.3) is 0 Å². The molecule has 0 aromatic rings. The predicted octanol–water partition coefficient (Wildman–Crippen LogP) is 4.37. The lowest BCUT2D eigenvalue weighted by molar-refractivity contribution is -0.133. The Labute approximate surface area is 115 Å². The molecule has 0 aliphatic heterocycles. The Bertz CT molecular complexity index is 195. The maximum absolute atomic E-state index is 12.0. The molecule has 0 saturated carbocycles. The molecule has 0 aromatic carbocycles. The fraction of sp³-hybridized carbons (Fsp3) is 0.929. The molecule has 0 unspecified atom stereocenters. The van der Waals surface area contributed by atoms with Crippen molar-refractivity contribution in [1.29, 1.82) is 0 Å². The van der Waals surface area contributed by atoms with Gasteiger partial charge in [-0.2, -0.15) is 0 Å². The molecule has 0 aromatic heterocycles. The number of hydrogen-bond donors (Lipinski definition) is 0. The summed E-state index contributed by atoms with van der Waals surface area (Å²) in [6.45, 7) is 7.30. The zero-order valence-electron chi connectivity index (χ0n) is 11.7. The first kappa shape index (κ1) is 16.9. The van der Waals surface area contributed by atoms with Gasteiger partial charge in [0.2, 0.25) is 5.91 Å². The first-order valence-corrected chi connectivity index (χ1v) is 8.11. The second-order valence-corrected chi connectivity index (χ2v) is 5.68. The minimum atomic E-state index is 0.331. The Balaban J connectivity index is 3.81. The third-order valence-electron chi connectivity index (χ3n) is 2.97. The van der Waals surface area contributed by atoms with Crippen molar-refractivity contribution < 1.29 is 4.79 Å². The van der Waals surface area contributed by atoms with Crippen LogP contribution in [0, 0.1) is 0 Å². The summed E-state index contributed by atoms with van der Waals surface area (Å²) in [5.74, 6) is 0.331. The highest BCUT2D eigenvalue weighted by Gasteiger charge is 2.15. The highest BCUT2D eigenvalue weighted by atomic mass is 79.9. The summed E-state index contributed by atoms with van der Waals surface area (Å²) >= 11 is 3.42. The third kappa shape index (κ3) is 8.64. The Morgan fingerprint density at radius 3 is 2.29 bits per heavy atom. The molecule has 0 N–H and O–H groups in total. The largest absolute Gasteiger partial charge is 0.340 e. The van der Waals surface area contributed by atoms with Crippen molar-refractivity contribution in [3.05, 3.63) is 0 Å². The Hall–Kier alpha value is -0.0500. The van der Waals surface area contributed by atoms with Crippen molar-refractivity contribution in [2.75, 3.05) is 11.9 Å². The summed E-state index contributed by atoms with van der Waals surface area (Å²) in [4.78, 5) is 14.0. The topological polar surface area (TPSA) is 20.3 Å². The molecule has 17 heavy (non-hydrogen) atoms. The summed E-state index contributed by atoms with van der Waals surface area (Å²) in [6.07, 6.45) is 7.85. The van der Waals surface area contributed by atoms with E-state index in [0.717, 1.165) is 31.1 Å². The predicted molar refractivity (Wildman–Crippen MR) is 78.6 cm³/mol. The molecule has 0 radical (unpaired) electrons. The zero-order chi connectivity index (χ0) is 13.1. The number of rotatable bonds is 10. The SMILES string of the molecule is CCCCCCCC(=O)N(CCCBr)C(C)C. The van der Waals surface area contributed by atoms with E-state index in [4.69, 9.17) is 0 Å². The molecule has 0 saturated heterocycles. The van der Waals surface area contributed by atoms with Crippen LogP contribution in [0.15, 0.2) is 0 Å². The summed E-state index contributed by atoms with van der Waals surface area (Å²) < 4.78 is 0. The van der Waals surface area contributed by atoms with Gasteiger partial charge in [0.15, 0.2) is 0 Å². The van der Waals surface area contributed by atoms with Gasteiger partial charge in [0, 0.05) is 24.3 Å². The van der Waals surface area contributed by atoms with Crippen LogP contribution in [0.25, 0.3) is 0 Å². The van der Waals surface area contributed by atoms with Crippen molar-refractivity contribution in [3.63, 3.8) is 0 Å². The second-order valence-electron chi connectivity index (χ2n) is 4.89. The Morgan fingerprint density at radius 1 is 1.12 bits per heavy atom. The molecular formula is C14H28BrNO. The average Bonchev–Trinajstić information content (AvgIpc) is 2.29. The van der Waals surface area contributed by atoms with Crippen LogP contribution < -0.4 is 0 Å². The fourth-order valence-corrected chi connectivity index (χ4v) is 2.18. The van der Waals surface area contributed by atoms with Gasteiger partial charge in [-0.05, 0) is 26.7 Å². The van der Waals surface area contributed by atoms with E-state index in [2.05, 4.69) is 36.7 Å². The van der Waals surface area contributed by atoms with Gasteiger partial charge < -0.3 is 4.90 Å². The molecule has 0 aliphatic rings. The Kier molecular flexibility index (Phi) is 11.0. The molecule has 0 spiro atoms. The van der Waals surface area contributed by atoms with E-state index >= 15 is 0 Å². The molecule has 0 atom stereocenters. The highest BCUT2D eigenvalue weighted by Crippen LogP contribution is 2.10. The summed E-state index contributed by atoms with van der Waals surface area (Å²) in [6, 6.07) is 0.331. The quantitative estimate of drug-likeness (QED) is 0.433. The molecule has 102 valence electrons. The smallest absolute Gasteiger partial charge is 0.222 e. The number of alkyl halides is 1. The normalized spacial score (nSPS) is 10.9. The maximum Gasteiger partial charge on any atom is 0.222 e. The van der Waals surface area contributed by atoms with Crippen molar-refractivity contribution in [1.82, 2.24) is 4.90 Å². The van der Waals surface area contributed by atoms with E-state index in [9.17, 15) is 4.79 Å². The van der Waals surface area contributed by atoms with Crippen molar-refractivity contribution in [3.8, 4) is 0 Å². The zero-order valence-corrected chi connectivity index (χ0v) is 13.3. The van der Waals surface area contributed by atoms with Crippen molar-refractivity contribution >= 4 is 21.8 Å². The maximum atomic E-state index is 12.0. The lowest BCUT2D eigenvalue weighted by Crippen LogP contribution is -2.37. The lowest BCUT2D eigenvalue weighted by atomic mass is 10.1. The van der Waals surface area contributed by atoms with Crippen LogP contribution in [0.2, 0.25) is 0 Å². The second kappa shape index (κ2) is 11.1. The van der Waals surface area contributed by atoms with Crippen LogP contribution in [0.5, 0.6) is 0 Å². The van der Waals surface area contributed by atoms with Crippen LogP contribution in [-0.4, -0.2) is 28.7 Å². The van der Waals surface area contributed by atoms with Crippen molar-refractivity contribution in [2.24, 2.45) is 0 Å². The van der Waals surface area contributed by atoms with Crippen LogP contribution in [0.3, 0.4) is 0 Å². The number of carbonyl (C=O) groups is 1. The molecule has 2 nitrogen and oxygen atoms in total. The number of carbonyl (C=O) groups excluding carboxylic acids is 1. The van der Waals surface area contributed by atoms with Gasteiger partial charge in [0.05, 0.1) is 0 Å². The monoisotopic (exact) mass is 305 g/mol. The fourth-order valence-electron chi connectivity index (χ4n) is 1.92. The minimum absolute atomic E-state index is 0.331. The molecule has 0 rings (SSSR count). The number of halogens is 1. The third-order valence-corrected chi connectivity index (χ3v) is 3.53. The molecule has 3 heteroatoms. The van der Waals surface area contributed by atoms with Crippen LogP contribution in [-0.2, 0) is 4.79 Å². The van der Waals surface area contributed by atoms with E-state index in [-0.39, 0.29) is 0 Å². The standard InChI is InChI=1S/C14H28BrNO/c1-4-5-6-7-8-10-14(17)16(13(2)3)12-9-11-15/h13H,4-12H2,1-3H3. The van der Waals surface area contributed by atoms with E-state index in [1.807, 2.05) is 4.90 Å². The molecule has 1 amide bonds. The van der Waals surface area contributed by atoms with E-state index in [0.29, 0.717) is 11.9 Å². The number of amides is 1. The van der Waals surface area contributed by atoms with Gasteiger partial charge in [0.1, 0.15) is 0 Å². The van der Waals surface area contributed by atoms with E-state index in [1.165, 1.54) is 25.7 Å². The van der Waals surface area contributed by atoms with Crippen LogP contribution in [0.4, 0.5) is 0 Å². The van der Waals surface area contributed by atoms with Gasteiger partial charge in [-0.25, -0.2) is 0 Å². The molecule has 0 heterocycles. The number of nitrogens with zero attached hydrogens (tertiary/aromatic N) is 1. The molecule has 0 fully saturated rings. The van der Waals surface area contributed by atoms with Gasteiger partial charge in [-0.3, -0.25) is 4.79 Å². The minimum Gasteiger partial charge on any atom is -0.340 e. The van der Waals surface area contributed by atoms with Crippen molar-refractivity contribution in [2.45, 2.75) is 71.8 Å². The van der Waals surface area contributed by atoms with E-state index < -0.39 is 0 Å². The summed E-state index contributed by atoms with van der Waals surface area (Å²) in [7, 11) is 0. The summed E-state index contributed by atoms with van der Waals surface area (Å²) in [5.41, 5.74) is 0. The lowest BCUT2D eigenvalue weighted by Gasteiger charge is -2.26. The van der Waals surface area contributed by atoms with Gasteiger partial charge >= 0.3 is 0 Å². The highest BCUT2D eigenvalue weighted by molar-refractivity contribution is 9.09. The van der Waals surface area contributed by atoms with Gasteiger partial charge in [-0.15, -0.1) is 0 Å². The first-order chi connectivity index (χ1) is 8.13. The summed E-state index contributed by atoms with van der Waals surface area (Å²) in [5, 5.41) is 0.972. The molecule has 0 bridgehead atoms.